The van der Waals surface area contributed by atoms with Crippen LogP contribution in [0.1, 0.15) is 6.92 Å². The van der Waals surface area contributed by atoms with Gasteiger partial charge in [0.25, 0.3) is 0 Å². The minimum atomic E-state index is -0.450. The zero-order chi connectivity index (χ0) is 13.1. The van der Waals surface area contributed by atoms with Crippen LogP contribution in [0, 0.1) is 0 Å². The van der Waals surface area contributed by atoms with Crippen LogP contribution in [0.3, 0.4) is 0 Å². The second-order valence-corrected chi connectivity index (χ2v) is 5.18. The molecule has 1 aromatic carbocycles. The third kappa shape index (κ3) is 2.73. The quantitative estimate of drug-likeness (QED) is 0.639. The van der Waals surface area contributed by atoms with Crippen LogP contribution >= 0.6 is 22.9 Å². The maximum absolute atomic E-state index is 11.8. The first kappa shape index (κ1) is 13.1. The van der Waals surface area contributed by atoms with Gasteiger partial charge in [0.05, 0.1) is 16.1 Å². The van der Waals surface area contributed by atoms with Crippen molar-refractivity contribution in [3.05, 3.63) is 33.9 Å². The molecule has 0 aliphatic carbocycles. The van der Waals surface area contributed by atoms with Crippen molar-refractivity contribution in [3.63, 3.8) is 0 Å². The van der Waals surface area contributed by atoms with E-state index in [0.717, 1.165) is 21.6 Å². The van der Waals surface area contributed by atoms with E-state index in [2.05, 4.69) is 0 Å². The van der Waals surface area contributed by atoms with Gasteiger partial charge in [-0.2, -0.15) is 0 Å². The van der Waals surface area contributed by atoms with E-state index in [1.54, 1.807) is 6.92 Å². The van der Waals surface area contributed by atoms with Gasteiger partial charge in [0.15, 0.2) is 0 Å². The number of thiazole rings is 1. The standard InChI is InChI=1S/C12H12ClNO3S/c1-8(6-13)17-11(15)7-14-9-4-2-3-5-10(9)18-12(14)16/h2-5,8H,6-7H2,1H3. The number of para-hydroxylation sites is 1. The Morgan fingerprint density at radius 2 is 2.22 bits per heavy atom. The second-order valence-electron chi connectivity index (χ2n) is 3.88. The largest absolute Gasteiger partial charge is 0.460 e. The molecule has 1 unspecified atom stereocenters. The molecule has 0 saturated heterocycles. The van der Waals surface area contributed by atoms with Crippen LogP contribution in [-0.2, 0) is 16.1 Å². The summed E-state index contributed by atoms with van der Waals surface area (Å²) < 4.78 is 7.33. The highest BCUT2D eigenvalue weighted by molar-refractivity contribution is 7.16. The number of benzene rings is 1. The van der Waals surface area contributed by atoms with Crippen LogP contribution in [0.4, 0.5) is 0 Å². The number of fused-ring (bicyclic) bond motifs is 1. The molecule has 0 amide bonds. The van der Waals surface area contributed by atoms with Crippen molar-refractivity contribution in [2.75, 3.05) is 5.88 Å². The lowest BCUT2D eigenvalue weighted by Gasteiger charge is -2.10. The summed E-state index contributed by atoms with van der Waals surface area (Å²) in [5.74, 6) is -0.209. The van der Waals surface area contributed by atoms with E-state index in [9.17, 15) is 9.59 Å². The fraction of sp³-hybridized carbons (Fsp3) is 0.333. The fourth-order valence-electron chi connectivity index (χ4n) is 1.59. The SMILES string of the molecule is CC(CCl)OC(=O)Cn1c(=O)sc2ccccc21. The van der Waals surface area contributed by atoms with Gasteiger partial charge in [0, 0.05) is 0 Å². The van der Waals surface area contributed by atoms with Crippen LogP contribution in [0.25, 0.3) is 10.2 Å². The number of ether oxygens (including phenoxy) is 1. The third-order valence-electron chi connectivity index (χ3n) is 2.41. The molecule has 1 heterocycles. The normalized spacial score (nSPS) is 12.6. The first-order valence-corrected chi connectivity index (χ1v) is 6.80. The highest BCUT2D eigenvalue weighted by Crippen LogP contribution is 2.16. The molecule has 1 atom stereocenters. The molecule has 6 heteroatoms. The molecular formula is C12H12ClNO3S. The lowest BCUT2D eigenvalue weighted by molar-refractivity contribution is -0.147. The topological polar surface area (TPSA) is 48.3 Å². The number of nitrogens with zero attached hydrogens (tertiary/aromatic N) is 1. The first-order valence-electron chi connectivity index (χ1n) is 5.45. The molecule has 0 saturated carbocycles. The van der Waals surface area contributed by atoms with Crippen LogP contribution in [-0.4, -0.2) is 22.5 Å². The van der Waals surface area contributed by atoms with E-state index in [-0.39, 0.29) is 23.4 Å². The molecule has 0 spiro atoms. The maximum atomic E-state index is 11.8. The van der Waals surface area contributed by atoms with E-state index in [1.807, 2.05) is 24.3 Å². The number of aromatic nitrogens is 1. The van der Waals surface area contributed by atoms with Gasteiger partial charge in [-0.25, -0.2) is 0 Å². The van der Waals surface area contributed by atoms with Crippen molar-refractivity contribution >= 4 is 39.1 Å². The number of halogens is 1. The Bertz CT molecular complexity index is 619. The van der Waals surface area contributed by atoms with Crippen molar-refractivity contribution in [2.45, 2.75) is 19.6 Å². The Kier molecular flexibility index (Phi) is 4.04. The first-order chi connectivity index (χ1) is 8.61. The average molecular weight is 286 g/mol. The molecular weight excluding hydrogens is 274 g/mol. The molecule has 0 aliphatic rings. The van der Waals surface area contributed by atoms with Crippen LogP contribution in [0.15, 0.2) is 29.1 Å². The Hall–Kier alpha value is -1.33. The Balaban J connectivity index is 2.24. The molecule has 0 aliphatic heterocycles. The third-order valence-corrected chi connectivity index (χ3v) is 3.81. The number of carbonyl (C=O) groups is 1. The van der Waals surface area contributed by atoms with E-state index >= 15 is 0 Å². The van der Waals surface area contributed by atoms with Gasteiger partial charge >= 0.3 is 10.8 Å². The lowest BCUT2D eigenvalue weighted by Crippen LogP contribution is -2.24. The van der Waals surface area contributed by atoms with E-state index in [1.165, 1.54) is 4.57 Å². The Morgan fingerprint density at radius 1 is 1.50 bits per heavy atom. The summed E-state index contributed by atoms with van der Waals surface area (Å²) in [5.41, 5.74) is 0.753. The Labute approximate surface area is 113 Å². The molecule has 96 valence electrons. The number of hydrogen-bond donors (Lipinski definition) is 0. The monoisotopic (exact) mass is 285 g/mol. The smallest absolute Gasteiger partial charge is 0.326 e. The summed E-state index contributed by atoms with van der Waals surface area (Å²) in [6.07, 6.45) is -0.347. The van der Waals surface area contributed by atoms with Crippen molar-refractivity contribution in [2.24, 2.45) is 0 Å². The fourth-order valence-corrected chi connectivity index (χ4v) is 2.54. The number of alkyl halides is 1. The van der Waals surface area contributed by atoms with E-state index in [0.29, 0.717) is 0 Å². The number of hydrogen-bond acceptors (Lipinski definition) is 4. The van der Waals surface area contributed by atoms with Crippen molar-refractivity contribution < 1.29 is 9.53 Å². The van der Waals surface area contributed by atoms with Crippen molar-refractivity contribution in [1.82, 2.24) is 4.57 Å². The van der Waals surface area contributed by atoms with Crippen molar-refractivity contribution in [3.8, 4) is 0 Å². The maximum Gasteiger partial charge on any atom is 0.326 e. The molecule has 0 N–H and O–H groups in total. The highest BCUT2D eigenvalue weighted by atomic mass is 35.5. The molecule has 18 heavy (non-hydrogen) atoms. The number of rotatable bonds is 4. The van der Waals surface area contributed by atoms with Gasteiger partial charge in [0.1, 0.15) is 12.6 Å². The Morgan fingerprint density at radius 3 is 2.94 bits per heavy atom. The van der Waals surface area contributed by atoms with Crippen LogP contribution in [0.5, 0.6) is 0 Å². The highest BCUT2D eigenvalue weighted by Gasteiger charge is 2.13. The lowest BCUT2D eigenvalue weighted by atomic mass is 10.3. The number of carbonyl (C=O) groups excluding carboxylic acids is 1. The van der Waals surface area contributed by atoms with Gasteiger partial charge in [-0.05, 0) is 19.1 Å². The molecule has 4 nitrogen and oxygen atoms in total. The molecule has 0 fully saturated rings. The summed E-state index contributed by atoms with van der Waals surface area (Å²) in [6.45, 7) is 1.63. The minimum Gasteiger partial charge on any atom is -0.460 e. The average Bonchev–Trinajstić information content (AvgIpc) is 2.66. The summed E-state index contributed by atoms with van der Waals surface area (Å²) in [4.78, 5) is 23.3. The summed E-state index contributed by atoms with van der Waals surface area (Å²) in [6, 6.07) is 7.35. The van der Waals surface area contributed by atoms with E-state index < -0.39 is 5.97 Å². The van der Waals surface area contributed by atoms with Gasteiger partial charge in [0.2, 0.25) is 0 Å². The molecule has 2 rings (SSSR count). The van der Waals surface area contributed by atoms with Gasteiger partial charge in [-0.3, -0.25) is 14.2 Å². The predicted molar refractivity (Wildman–Crippen MR) is 72.4 cm³/mol. The van der Waals surface area contributed by atoms with Crippen molar-refractivity contribution in [1.29, 1.82) is 0 Å². The summed E-state index contributed by atoms with van der Waals surface area (Å²) in [5, 5.41) is 0. The zero-order valence-electron chi connectivity index (χ0n) is 9.76. The van der Waals surface area contributed by atoms with E-state index in [4.69, 9.17) is 16.3 Å². The van der Waals surface area contributed by atoms with Crippen LogP contribution < -0.4 is 4.87 Å². The number of esters is 1. The van der Waals surface area contributed by atoms with Crippen LogP contribution in [0.2, 0.25) is 0 Å². The molecule has 2 aromatic rings. The minimum absolute atomic E-state index is 0.0793. The summed E-state index contributed by atoms with van der Waals surface area (Å²) in [7, 11) is 0. The molecule has 0 radical (unpaired) electrons. The van der Waals surface area contributed by atoms with Gasteiger partial charge in [-0.15, -0.1) is 11.6 Å². The zero-order valence-corrected chi connectivity index (χ0v) is 11.3. The molecule has 0 bridgehead atoms. The summed E-state index contributed by atoms with van der Waals surface area (Å²) >= 11 is 6.68. The van der Waals surface area contributed by atoms with Gasteiger partial charge < -0.3 is 4.74 Å². The second kappa shape index (κ2) is 5.54. The molecule has 1 aromatic heterocycles. The van der Waals surface area contributed by atoms with Gasteiger partial charge in [-0.1, -0.05) is 23.5 Å². The predicted octanol–water partition coefficient (Wildman–Crippen LogP) is 2.23.